The lowest BCUT2D eigenvalue weighted by atomic mass is 10.1. The fourth-order valence-corrected chi connectivity index (χ4v) is 5.93. The number of ether oxygens (including phenoxy) is 3. The highest BCUT2D eigenvalue weighted by Gasteiger charge is 2.35. The minimum atomic E-state index is -0.626. The van der Waals surface area contributed by atoms with Crippen LogP contribution in [0.25, 0.3) is 10.4 Å². The normalized spacial score (nSPS) is 18.5. The van der Waals surface area contributed by atoms with Crippen molar-refractivity contribution in [1.82, 2.24) is 15.2 Å². The number of fused-ring (bicyclic) bond motifs is 1. The number of amides is 2. The summed E-state index contributed by atoms with van der Waals surface area (Å²) in [6.45, 7) is 1.66. The van der Waals surface area contributed by atoms with E-state index in [0.29, 0.717) is 42.9 Å². The topological polar surface area (TPSA) is 90.0 Å². The van der Waals surface area contributed by atoms with Crippen molar-refractivity contribution in [3.8, 4) is 27.7 Å². The largest absolute Gasteiger partial charge is 0.486 e. The molecule has 1 aromatic heterocycles. The lowest BCUT2D eigenvalue weighted by Gasteiger charge is -2.25. The molecule has 10 heteroatoms. The SMILES string of the molecule is O=C(NC[C@@H]1CCCN1C(=O)c1nc(C2CC2)sc1-c1ccc(F)cc1)Oc1cccc2c1OCCO2. The average molecular weight is 524 g/mol. The number of likely N-dealkylation sites (tertiary alicyclic amines) is 1. The van der Waals surface area contributed by atoms with E-state index < -0.39 is 6.09 Å². The van der Waals surface area contributed by atoms with Gasteiger partial charge in [0.1, 0.15) is 24.7 Å². The second-order valence-electron chi connectivity index (χ2n) is 9.36. The molecule has 2 aromatic carbocycles. The molecule has 2 aliphatic heterocycles. The Bertz CT molecular complexity index is 1320. The molecule has 6 rings (SSSR count). The van der Waals surface area contributed by atoms with Gasteiger partial charge in [0.2, 0.25) is 5.75 Å². The van der Waals surface area contributed by atoms with E-state index >= 15 is 0 Å². The highest BCUT2D eigenvalue weighted by molar-refractivity contribution is 7.15. The molecule has 1 saturated heterocycles. The molecule has 0 unspecified atom stereocenters. The first-order valence-electron chi connectivity index (χ1n) is 12.5. The van der Waals surface area contributed by atoms with E-state index in [2.05, 4.69) is 5.32 Å². The van der Waals surface area contributed by atoms with Crippen LogP contribution < -0.4 is 19.5 Å². The maximum Gasteiger partial charge on any atom is 0.412 e. The van der Waals surface area contributed by atoms with Crippen LogP contribution in [0.3, 0.4) is 0 Å². The third-order valence-electron chi connectivity index (χ3n) is 6.73. The van der Waals surface area contributed by atoms with Crippen molar-refractivity contribution in [3.05, 3.63) is 59.0 Å². The van der Waals surface area contributed by atoms with E-state index in [-0.39, 0.29) is 30.1 Å². The Morgan fingerprint density at radius 2 is 1.92 bits per heavy atom. The molecule has 2 fully saturated rings. The number of benzene rings is 2. The van der Waals surface area contributed by atoms with Crippen molar-refractivity contribution in [1.29, 1.82) is 0 Å². The molecular weight excluding hydrogens is 497 g/mol. The van der Waals surface area contributed by atoms with Crippen LogP contribution >= 0.6 is 11.3 Å². The monoisotopic (exact) mass is 523 g/mol. The number of thiazole rings is 1. The Balaban J connectivity index is 1.15. The average Bonchev–Trinajstić information content (AvgIpc) is 3.49. The minimum absolute atomic E-state index is 0.164. The van der Waals surface area contributed by atoms with E-state index in [1.807, 2.05) is 0 Å². The van der Waals surface area contributed by atoms with E-state index in [0.717, 1.165) is 41.1 Å². The van der Waals surface area contributed by atoms with Crippen LogP contribution in [0.1, 0.15) is 47.1 Å². The quantitative estimate of drug-likeness (QED) is 0.490. The molecule has 0 bridgehead atoms. The van der Waals surface area contributed by atoms with Crippen molar-refractivity contribution in [2.45, 2.75) is 37.6 Å². The van der Waals surface area contributed by atoms with Crippen LogP contribution in [0.5, 0.6) is 17.2 Å². The Morgan fingerprint density at radius 1 is 1.11 bits per heavy atom. The molecule has 3 aromatic rings. The Hall–Kier alpha value is -3.66. The van der Waals surface area contributed by atoms with Crippen molar-refractivity contribution < 1.29 is 28.2 Å². The number of rotatable bonds is 6. The number of hydrogen-bond acceptors (Lipinski definition) is 7. The fourth-order valence-electron chi connectivity index (χ4n) is 4.70. The summed E-state index contributed by atoms with van der Waals surface area (Å²) in [5.74, 6) is 1.14. The van der Waals surface area contributed by atoms with Crippen LogP contribution in [0.15, 0.2) is 42.5 Å². The first-order chi connectivity index (χ1) is 18.1. The van der Waals surface area contributed by atoms with Gasteiger partial charge in [0.25, 0.3) is 5.91 Å². The molecule has 8 nitrogen and oxygen atoms in total. The molecule has 3 heterocycles. The standard InChI is InChI=1S/C27H26FN3O5S/c28-18-10-8-16(9-11-18)24-22(30-25(37-24)17-6-7-17)26(32)31-12-2-3-19(31)15-29-27(33)36-21-5-1-4-20-23(21)35-14-13-34-20/h1,4-5,8-11,17,19H,2-3,6-7,12-15H2,(H,29,33)/t19-/m0/s1. The van der Waals surface area contributed by atoms with Crippen molar-refractivity contribution in [3.63, 3.8) is 0 Å². The van der Waals surface area contributed by atoms with Gasteiger partial charge in [-0.15, -0.1) is 11.3 Å². The molecule has 2 amide bonds. The van der Waals surface area contributed by atoms with Crippen LogP contribution in [0.2, 0.25) is 0 Å². The van der Waals surface area contributed by atoms with Gasteiger partial charge in [-0.1, -0.05) is 18.2 Å². The Kier molecular flexibility index (Phi) is 6.42. The van der Waals surface area contributed by atoms with Crippen molar-refractivity contribution >= 4 is 23.3 Å². The number of hydrogen-bond donors (Lipinski definition) is 1. The van der Waals surface area contributed by atoms with Gasteiger partial charge >= 0.3 is 6.09 Å². The van der Waals surface area contributed by atoms with E-state index in [9.17, 15) is 14.0 Å². The molecule has 1 N–H and O–H groups in total. The van der Waals surface area contributed by atoms with Gasteiger partial charge in [-0.05, 0) is 55.5 Å². The van der Waals surface area contributed by atoms with E-state index in [1.165, 1.54) is 23.5 Å². The second-order valence-corrected chi connectivity index (χ2v) is 10.4. The second kappa shape index (κ2) is 10.0. The summed E-state index contributed by atoms with van der Waals surface area (Å²) < 4.78 is 30.1. The first kappa shape index (κ1) is 23.7. The summed E-state index contributed by atoms with van der Waals surface area (Å²) in [7, 11) is 0. The maximum atomic E-state index is 13.7. The van der Waals surface area contributed by atoms with Gasteiger partial charge in [0, 0.05) is 25.0 Å². The highest BCUT2D eigenvalue weighted by Crippen LogP contribution is 2.45. The number of carbonyl (C=O) groups excluding carboxylic acids is 2. The fraction of sp³-hybridized carbons (Fsp3) is 0.370. The van der Waals surface area contributed by atoms with Crippen LogP contribution in [0, 0.1) is 5.82 Å². The summed E-state index contributed by atoms with van der Waals surface area (Å²) in [5.41, 5.74) is 1.19. The molecular formula is C27H26FN3O5S. The molecule has 192 valence electrons. The molecule has 1 aliphatic carbocycles. The van der Waals surface area contributed by atoms with E-state index in [1.54, 1.807) is 35.2 Å². The predicted molar refractivity (Wildman–Crippen MR) is 135 cm³/mol. The van der Waals surface area contributed by atoms with Gasteiger partial charge < -0.3 is 24.4 Å². The molecule has 3 aliphatic rings. The Morgan fingerprint density at radius 3 is 2.73 bits per heavy atom. The molecule has 1 saturated carbocycles. The maximum absolute atomic E-state index is 13.7. The minimum Gasteiger partial charge on any atom is -0.486 e. The van der Waals surface area contributed by atoms with Crippen LogP contribution in [-0.4, -0.2) is 54.2 Å². The predicted octanol–water partition coefficient (Wildman–Crippen LogP) is 4.99. The lowest BCUT2D eigenvalue weighted by Crippen LogP contribution is -2.44. The van der Waals surface area contributed by atoms with Gasteiger partial charge in [0.05, 0.1) is 9.88 Å². The molecule has 1 atom stereocenters. The van der Waals surface area contributed by atoms with Crippen LogP contribution in [-0.2, 0) is 0 Å². The summed E-state index contributed by atoms with van der Waals surface area (Å²) >= 11 is 1.52. The summed E-state index contributed by atoms with van der Waals surface area (Å²) in [6.07, 6.45) is 3.11. The zero-order valence-corrected chi connectivity index (χ0v) is 20.9. The smallest absolute Gasteiger partial charge is 0.412 e. The van der Waals surface area contributed by atoms with E-state index in [4.69, 9.17) is 19.2 Å². The van der Waals surface area contributed by atoms with Gasteiger partial charge in [-0.3, -0.25) is 4.79 Å². The van der Waals surface area contributed by atoms with Gasteiger partial charge in [-0.2, -0.15) is 0 Å². The summed E-state index contributed by atoms with van der Waals surface area (Å²) in [4.78, 5) is 33.6. The number of nitrogens with zero attached hydrogens (tertiary/aromatic N) is 2. The van der Waals surface area contributed by atoms with Gasteiger partial charge in [-0.25, -0.2) is 14.2 Å². The van der Waals surface area contributed by atoms with Crippen LogP contribution in [0.4, 0.5) is 9.18 Å². The number of halogens is 1. The number of aromatic nitrogens is 1. The third-order valence-corrected chi connectivity index (χ3v) is 8.00. The van der Waals surface area contributed by atoms with Gasteiger partial charge in [0.15, 0.2) is 11.5 Å². The Labute approximate surface area is 217 Å². The van der Waals surface area contributed by atoms with Crippen molar-refractivity contribution in [2.24, 2.45) is 0 Å². The third kappa shape index (κ3) is 4.98. The summed E-state index contributed by atoms with van der Waals surface area (Å²) in [6, 6.07) is 11.1. The number of nitrogens with one attached hydrogen (secondary N) is 1. The molecule has 0 radical (unpaired) electrons. The molecule has 37 heavy (non-hydrogen) atoms. The lowest BCUT2D eigenvalue weighted by molar-refractivity contribution is 0.0730. The summed E-state index contributed by atoms with van der Waals surface area (Å²) in [5, 5.41) is 3.75. The zero-order valence-electron chi connectivity index (χ0n) is 20.1. The first-order valence-corrected chi connectivity index (χ1v) is 13.3. The highest BCUT2D eigenvalue weighted by atomic mass is 32.1. The number of carbonyl (C=O) groups is 2. The zero-order chi connectivity index (χ0) is 25.4. The molecule has 0 spiro atoms. The van der Waals surface area contributed by atoms with Crippen molar-refractivity contribution in [2.75, 3.05) is 26.3 Å². The number of para-hydroxylation sites is 1.